The normalized spacial score (nSPS) is 12.8. The van der Waals surface area contributed by atoms with Gasteiger partial charge in [-0.15, -0.1) is 12.4 Å². The molecule has 0 saturated heterocycles. The number of rotatable bonds is 8. The zero-order chi connectivity index (χ0) is 18.8. The first kappa shape index (κ1) is 24.1. The standard InChI is InChI=1S/C14H24FN3O4S2.ClH/c1-5-23(19,20)17-13-7-6-11(8-12(13)15)24(21,22)18(4)10-14(2,3)9-16;/h6-8,17H,5,9-10,16H2,1-4H3;1H. The first-order chi connectivity index (χ1) is 10.8. The highest BCUT2D eigenvalue weighted by atomic mass is 35.5. The van der Waals surface area contributed by atoms with Gasteiger partial charge in [-0.05, 0) is 37.1 Å². The molecule has 0 aliphatic heterocycles. The number of anilines is 1. The molecule has 1 aromatic rings. The lowest BCUT2D eigenvalue weighted by atomic mass is 9.94. The molecule has 0 fully saturated rings. The highest BCUT2D eigenvalue weighted by Crippen LogP contribution is 2.24. The molecule has 0 heterocycles. The summed E-state index contributed by atoms with van der Waals surface area (Å²) in [6, 6.07) is 3.06. The largest absolute Gasteiger partial charge is 0.330 e. The van der Waals surface area contributed by atoms with E-state index in [4.69, 9.17) is 5.73 Å². The van der Waals surface area contributed by atoms with Crippen molar-refractivity contribution < 1.29 is 21.2 Å². The van der Waals surface area contributed by atoms with Crippen LogP contribution in [-0.4, -0.2) is 47.0 Å². The number of halogens is 2. The first-order valence-corrected chi connectivity index (χ1v) is 10.4. The SMILES string of the molecule is CCS(=O)(=O)Nc1ccc(S(=O)(=O)N(C)CC(C)(C)CN)cc1F.Cl. The number of nitrogens with two attached hydrogens (primary N) is 1. The van der Waals surface area contributed by atoms with Crippen LogP contribution in [0.3, 0.4) is 0 Å². The maximum Gasteiger partial charge on any atom is 0.242 e. The Kier molecular flexibility index (Phi) is 8.31. The van der Waals surface area contributed by atoms with Gasteiger partial charge in [-0.1, -0.05) is 13.8 Å². The van der Waals surface area contributed by atoms with Crippen molar-refractivity contribution in [2.24, 2.45) is 11.1 Å². The Morgan fingerprint density at radius 1 is 1.24 bits per heavy atom. The summed E-state index contributed by atoms with van der Waals surface area (Å²) in [5.74, 6) is -1.18. The monoisotopic (exact) mass is 417 g/mol. The summed E-state index contributed by atoms with van der Waals surface area (Å²) in [4.78, 5) is -0.255. The maximum absolute atomic E-state index is 14.1. The van der Waals surface area contributed by atoms with Gasteiger partial charge in [0, 0.05) is 13.6 Å². The number of hydrogen-bond acceptors (Lipinski definition) is 5. The minimum absolute atomic E-state index is 0. The van der Waals surface area contributed by atoms with Crippen molar-refractivity contribution in [1.29, 1.82) is 0 Å². The van der Waals surface area contributed by atoms with Crippen molar-refractivity contribution in [1.82, 2.24) is 4.31 Å². The van der Waals surface area contributed by atoms with Gasteiger partial charge in [0.05, 0.1) is 16.3 Å². The van der Waals surface area contributed by atoms with Gasteiger partial charge in [0.25, 0.3) is 0 Å². The van der Waals surface area contributed by atoms with Crippen LogP contribution < -0.4 is 10.5 Å². The van der Waals surface area contributed by atoms with Gasteiger partial charge in [-0.3, -0.25) is 4.72 Å². The Morgan fingerprint density at radius 2 is 1.80 bits per heavy atom. The van der Waals surface area contributed by atoms with Crippen molar-refractivity contribution in [2.75, 3.05) is 30.6 Å². The molecule has 146 valence electrons. The van der Waals surface area contributed by atoms with E-state index in [1.807, 2.05) is 13.8 Å². The van der Waals surface area contributed by atoms with Crippen LogP contribution in [0.5, 0.6) is 0 Å². The van der Waals surface area contributed by atoms with Gasteiger partial charge >= 0.3 is 0 Å². The Morgan fingerprint density at radius 3 is 2.24 bits per heavy atom. The minimum atomic E-state index is -3.91. The molecule has 7 nitrogen and oxygen atoms in total. The molecule has 1 aromatic carbocycles. The van der Waals surface area contributed by atoms with Crippen LogP contribution in [0.1, 0.15) is 20.8 Å². The van der Waals surface area contributed by atoms with E-state index in [1.54, 1.807) is 0 Å². The Labute approximate surface area is 155 Å². The van der Waals surface area contributed by atoms with Gasteiger partial charge in [0.2, 0.25) is 20.0 Å². The van der Waals surface area contributed by atoms with Crippen LogP contribution in [-0.2, 0) is 20.0 Å². The van der Waals surface area contributed by atoms with E-state index < -0.39 is 31.3 Å². The zero-order valence-electron chi connectivity index (χ0n) is 14.6. The van der Waals surface area contributed by atoms with E-state index in [1.165, 1.54) is 14.0 Å². The van der Waals surface area contributed by atoms with Crippen LogP contribution >= 0.6 is 12.4 Å². The van der Waals surface area contributed by atoms with Gasteiger partial charge in [-0.25, -0.2) is 25.5 Å². The molecular weight excluding hydrogens is 393 g/mol. The molecule has 25 heavy (non-hydrogen) atoms. The van der Waals surface area contributed by atoms with Crippen LogP contribution in [0.15, 0.2) is 23.1 Å². The third-order valence-corrected chi connectivity index (χ3v) is 6.59. The van der Waals surface area contributed by atoms with Gasteiger partial charge < -0.3 is 5.73 Å². The minimum Gasteiger partial charge on any atom is -0.330 e. The average molecular weight is 418 g/mol. The Balaban J connectivity index is 0.00000576. The van der Waals surface area contributed by atoms with Crippen molar-refractivity contribution in [3.05, 3.63) is 24.0 Å². The molecule has 0 saturated carbocycles. The molecule has 0 unspecified atom stereocenters. The molecule has 0 radical (unpaired) electrons. The summed E-state index contributed by atoms with van der Waals surface area (Å²) in [7, 11) is -6.17. The molecule has 0 aliphatic rings. The summed E-state index contributed by atoms with van der Waals surface area (Å²) < 4.78 is 65.2. The molecule has 0 atom stereocenters. The molecule has 0 aromatic heterocycles. The number of hydrogen-bond donors (Lipinski definition) is 2. The lowest BCUT2D eigenvalue weighted by molar-refractivity contribution is 0.292. The lowest BCUT2D eigenvalue weighted by Gasteiger charge is -2.28. The zero-order valence-corrected chi connectivity index (χ0v) is 17.1. The summed E-state index contributed by atoms with van der Waals surface area (Å²) in [5.41, 5.74) is 4.88. The van der Waals surface area contributed by atoms with Crippen LogP contribution in [0, 0.1) is 11.2 Å². The van der Waals surface area contributed by atoms with Crippen LogP contribution in [0.4, 0.5) is 10.1 Å². The third-order valence-electron chi connectivity index (χ3n) is 3.50. The van der Waals surface area contributed by atoms with Gasteiger partial charge in [0.15, 0.2) is 0 Å². The second-order valence-corrected chi connectivity index (χ2v) is 10.3. The molecule has 0 spiro atoms. The van der Waals surface area contributed by atoms with Crippen LogP contribution in [0.2, 0.25) is 0 Å². The molecular formula is C14H25ClFN3O4S2. The quantitative estimate of drug-likeness (QED) is 0.667. The molecule has 11 heteroatoms. The lowest BCUT2D eigenvalue weighted by Crippen LogP contribution is -2.39. The van der Waals surface area contributed by atoms with Crippen molar-refractivity contribution >= 4 is 38.1 Å². The number of nitrogens with zero attached hydrogens (tertiary/aromatic N) is 1. The molecule has 0 amide bonds. The van der Waals surface area contributed by atoms with Crippen molar-refractivity contribution in [3.8, 4) is 0 Å². The summed E-state index contributed by atoms with van der Waals surface area (Å²) in [6.45, 7) is 5.51. The summed E-state index contributed by atoms with van der Waals surface area (Å²) in [6.07, 6.45) is 0. The number of sulfonamides is 2. The van der Waals surface area contributed by atoms with E-state index in [0.717, 1.165) is 22.5 Å². The van der Waals surface area contributed by atoms with E-state index in [2.05, 4.69) is 4.72 Å². The highest BCUT2D eigenvalue weighted by molar-refractivity contribution is 7.92. The molecule has 0 bridgehead atoms. The van der Waals surface area contributed by atoms with Gasteiger partial charge in [-0.2, -0.15) is 0 Å². The Bertz CT molecular complexity index is 798. The third kappa shape index (κ3) is 6.37. The number of nitrogens with one attached hydrogen (secondary N) is 1. The maximum atomic E-state index is 14.1. The predicted octanol–water partition coefficient (Wildman–Crippen LogP) is 1.61. The Hall–Kier alpha value is -0.940. The number of benzene rings is 1. The van der Waals surface area contributed by atoms with Crippen molar-refractivity contribution in [2.45, 2.75) is 25.7 Å². The summed E-state index contributed by atoms with van der Waals surface area (Å²) in [5, 5.41) is 0. The highest BCUT2D eigenvalue weighted by Gasteiger charge is 2.28. The molecule has 1 rings (SSSR count). The predicted molar refractivity (Wildman–Crippen MR) is 99.4 cm³/mol. The fraction of sp³-hybridized carbons (Fsp3) is 0.571. The molecule has 0 aliphatic carbocycles. The topological polar surface area (TPSA) is 110 Å². The molecule has 3 N–H and O–H groups in total. The first-order valence-electron chi connectivity index (χ1n) is 7.31. The summed E-state index contributed by atoms with van der Waals surface area (Å²) >= 11 is 0. The van der Waals surface area contributed by atoms with Gasteiger partial charge in [0.1, 0.15) is 5.82 Å². The second-order valence-electron chi connectivity index (χ2n) is 6.28. The fourth-order valence-corrected chi connectivity index (χ4v) is 3.93. The van der Waals surface area contributed by atoms with E-state index in [-0.39, 0.29) is 35.3 Å². The van der Waals surface area contributed by atoms with Crippen molar-refractivity contribution in [3.63, 3.8) is 0 Å². The second kappa shape index (κ2) is 8.63. The van der Waals surface area contributed by atoms with Crippen LogP contribution in [0.25, 0.3) is 0 Å². The van der Waals surface area contributed by atoms with E-state index in [9.17, 15) is 21.2 Å². The average Bonchev–Trinajstić information content (AvgIpc) is 2.48. The smallest absolute Gasteiger partial charge is 0.242 e. The fourth-order valence-electron chi connectivity index (χ4n) is 1.91. The van der Waals surface area contributed by atoms with E-state index >= 15 is 0 Å². The van der Waals surface area contributed by atoms with E-state index in [0.29, 0.717) is 6.54 Å².